The van der Waals surface area contributed by atoms with E-state index in [1.54, 1.807) is 4.68 Å². The maximum Gasteiger partial charge on any atom is 0.187 e. The van der Waals surface area contributed by atoms with Crippen LogP contribution in [0.5, 0.6) is 0 Å². The number of hydrogen-bond acceptors (Lipinski definition) is 3. The summed E-state index contributed by atoms with van der Waals surface area (Å²) in [7, 11) is 0. The van der Waals surface area contributed by atoms with Crippen LogP contribution in [0.1, 0.15) is 35.3 Å². The number of benzene rings is 1. The van der Waals surface area contributed by atoms with Gasteiger partial charge in [-0.3, -0.25) is 4.79 Å². The largest absolute Gasteiger partial charge is 0.372 e. The van der Waals surface area contributed by atoms with Gasteiger partial charge < -0.3 is 4.90 Å². The van der Waals surface area contributed by atoms with Crippen molar-refractivity contribution in [2.75, 3.05) is 18.0 Å². The van der Waals surface area contributed by atoms with Crippen LogP contribution >= 0.6 is 0 Å². The lowest BCUT2D eigenvalue weighted by Gasteiger charge is -2.18. The van der Waals surface area contributed by atoms with Gasteiger partial charge in [0.2, 0.25) is 0 Å². The normalized spacial score (nSPS) is 17.8. The summed E-state index contributed by atoms with van der Waals surface area (Å²) in [4.78, 5) is 14.5. The highest BCUT2D eigenvalue weighted by Gasteiger charge is 2.21. The molecule has 2 aliphatic heterocycles. The Kier molecular flexibility index (Phi) is 2.88. The van der Waals surface area contributed by atoms with Crippen molar-refractivity contribution in [3.05, 3.63) is 53.9 Å². The van der Waals surface area contributed by atoms with E-state index in [9.17, 15) is 4.79 Å². The highest BCUT2D eigenvalue weighted by atomic mass is 16.1. The summed E-state index contributed by atoms with van der Waals surface area (Å²) in [5, 5.41) is 4.55. The molecule has 0 amide bonds. The van der Waals surface area contributed by atoms with E-state index in [0.717, 1.165) is 24.4 Å². The van der Waals surface area contributed by atoms with Gasteiger partial charge in [-0.1, -0.05) is 12.1 Å². The smallest absolute Gasteiger partial charge is 0.187 e. The number of hydrogen-bond donors (Lipinski definition) is 0. The first-order valence-corrected chi connectivity index (χ1v) is 7.45. The molecule has 1 aromatic heterocycles. The lowest BCUT2D eigenvalue weighted by molar-refractivity contribution is 0.0989. The molecule has 1 saturated heterocycles. The molecule has 0 aliphatic carbocycles. The van der Waals surface area contributed by atoms with Gasteiger partial charge >= 0.3 is 0 Å². The minimum Gasteiger partial charge on any atom is -0.372 e. The van der Waals surface area contributed by atoms with Crippen molar-refractivity contribution in [1.29, 1.82) is 0 Å². The van der Waals surface area contributed by atoms with Crippen molar-refractivity contribution < 1.29 is 4.79 Å². The van der Waals surface area contributed by atoms with Crippen molar-refractivity contribution >= 4 is 17.2 Å². The van der Waals surface area contributed by atoms with E-state index < -0.39 is 0 Å². The third-order valence-electron chi connectivity index (χ3n) is 4.24. The maximum absolute atomic E-state index is 12.1. The van der Waals surface area contributed by atoms with Gasteiger partial charge in [-0.2, -0.15) is 5.10 Å². The summed E-state index contributed by atoms with van der Waals surface area (Å²) in [6, 6.07) is 12.1. The summed E-state index contributed by atoms with van der Waals surface area (Å²) in [6.07, 6.45) is 4.76. The Bertz CT molecular complexity index is 706. The zero-order valence-electron chi connectivity index (χ0n) is 11.8. The molecule has 4 rings (SSSR count). The highest BCUT2D eigenvalue weighted by molar-refractivity contribution is 6.16. The third-order valence-corrected chi connectivity index (χ3v) is 4.24. The second-order valence-electron chi connectivity index (χ2n) is 5.63. The number of rotatable bonds is 2. The molecule has 0 atom stereocenters. The zero-order chi connectivity index (χ0) is 14.2. The van der Waals surface area contributed by atoms with Crippen molar-refractivity contribution in [3.8, 4) is 0 Å². The van der Waals surface area contributed by atoms with Crippen LogP contribution in [-0.4, -0.2) is 29.3 Å². The molecule has 0 unspecified atom stereocenters. The number of anilines is 1. The van der Waals surface area contributed by atoms with Crippen molar-refractivity contribution in [2.45, 2.75) is 19.3 Å². The molecule has 1 fully saturated rings. The monoisotopic (exact) mass is 279 g/mol. The Morgan fingerprint density at radius 2 is 1.76 bits per heavy atom. The van der Waals surface area contributed by atoms with Gasteiger partial charge in [0, 0.05) is 25.0 Å². The van der Waals surface area contributed by atoms with Crippen LogP contribution in [0.2, 0.25) is 0 Å². The second-order valence-corrected chi connectivity index (χ2v) is 5.63. The topological polar surface area (TPSA) is 37.6 Å². The molecule has 1 aromatic carbocycles. The molecule has 2 aliphatic rings. The van der Waals surface area contributed by atoms with Gasteiger partial charge in [0.25, 0.3) is 0 Å². The fourth-order valence-corrected chi connectivity index (χ4v) is 3.09. The second kappa shape index (κ2) is 4.88. The summed E-state index contributed by atoms with van der Waals surface area (Å²) in [6.45, 7) is 2.29. The summed E-state index contributed by atoms with van der Waals surface area (Å²) in [5.74, 6) is 0.133. The predicted molar refractivity (Wildman–Crippen MR) is 83.2 cm³/mol. The Morgan fingerprint density at radius 1 is 1.00 bits per heavy atom. The lowest BCUT2D eigenvalue weighted by Crippen LogP contribution is -2.20. The first kappa shape index (κ1) is 12.4. The number of carbonyl (C=O) groups is 1. The quantitative estimate of drug-likeness (QED) is 0.847. The van der Waals surface area contributed by atoms with Gasteiger partial charge in [-0.15, -0.1) is 0 Å². The molecular formula is C17H17N3O. The Balaban J connectivity index is 1.64. The van der Waals surface area contributed by atoms with Crippen molar-refractivity contribution in [3.63, 3.8) is 0 Å². The van der Waals surface area contributed by atoms with Gasteiger partial charge in [-0.25, -0.2) is 4.68 Å². The molecule has 3 heterocycles. The van der Waals surface area contributed by atoms with E-state index in [0.29, 0.717) is 12.1 Å². The fraction of sp³-hybridized carbons (Fsp3) is 0.294. The third kappa shape index (κ3) is 2.17. The van der Waals surface area contributed by atoms with E-state index in [4.69, 9.17) is 0 Å². The first-order valence-electron chi connectivity index (χ1n) is 7.45. The molecule has 0 bridgehead atoms. The number of ketones is 1. The number of carbonyl (C=O) groups excluding carboxylic acids is 1. The van der Waals surface area contributed by atoms with Crippen LogP contribution < -0.4 is 4.90 Å². The van der Waals surface area contributed by atoms with Gasteiger partial charge in [0.05, 0.1) is 12.1 Å². The summed E-state index contributed by atoms with van der Waals surface area (Å²) in [5.41, 5.74) is 3.82. The van der Waals surface area contributed by atoms with Gasteiger partial charge in [-0.05, 0) is 42.7 Å². The standard InChI is InChI=1S/C17H17N3O/c21-17-12-15(18-20-11-3-4-16(17)20)13-5-7-14(8-6-13)19-9-1-2-10-19/h3-8,11H,1-2,9-10,12H2. The van der Waals surface area contributed by atoms with Crippen LogP contribution in [-0.2, 0) is 0 Å². The molecule has 2 aromatic rings. The minimum absolute atomic E-state index is 0.133. The number of fused-ring (bicyclic) bond motifs is 1. The molecular weight excluding hydrogens is 262 g/mol. The fourth-order valence-electron chi connectivity index (χ4n) is 3.09. The van der Waals surface area contributed by atoms with E-state index in [2.05, 4.69) is 34.3 Å². The van der Waals surface area contributed by atoms with Crippen LogP contribution in [0, 0.1) is 0 Å². The molecule has 21 heavy (non-hydrogen) atoms. The lowest BCUT2D eigenvalue weighted by atomic mass is 10.0. The number of Topliss-reactive ketones (excluding diaryl/α,β-unsaturated/α-hetero) is 1. The van der Waals surface area contributed by atoms with Crippen LogP contribution in [0.3, 0.4) is 0 Å². The molecule has 0 N–H and O–H groups in total. The highest BCUT2D eigenvalue weighted by Crippen LogP contribution is 2.22. The Morgan fingerprint density at radius 3 is 2.52 bits per heavy atom. The average molecular weight is 279 g/mol. The van der Waals surface area contributed by atoms with E-state index in [1.165, 1.54) is 18.5 Å². The minimum atomic E-state index is 0.133. The maximum atomic E-state index is 12.1. The number of nitrogens with zero attached hydrogens (tertiary/aromatic N) is 3. The predicted octanol–water partition coefficient (Wildman–Crippen LogP) is 2.93. The van der Waals surface area contributed by atoms with E-state index in [1.807, 2.05) is 18.3 Å². The molecule has 4 heteroatoms. The first-order chi connectivity index (χ1) is 10.3. The molecule has 0 radical (unpaired) electrons. The van der Waals surface area contributed by atoms with Gasteiger partial charge in [0.15, 0.2) is 5.78 Å². The number of aromatic nitrogens is 1. The SMILES string of the molecule is O=C1CC(c2ccc(N3CCCC3)cc2)=Nn2cccc21. The van der Waals surface area contributed by atoms with Crippen molar-refractivity contribution in [2.24, 2.45) is 5.10 Å². The Hall–Kier alpha value is -2.36. The van der Waals surface area contributed by atoms with Crippen molar-refractivity contribution in [1.82, 2.24) is 4.68 Å². The van der Waals surface area contributed by atoms with Crippen LogP contribution in [0.25, 0.3) is 0 Å². The Labute approximate surface area is 123 Å². The van der Waals surface area contributed by atoms with Crippen LogP contribution in [0.4, 0.5) is 5.69 Å². The molecule has 0 spiro atoms. The summed E-state index contributed by atoms with van der Waals surface area (Å²) >= 11 is 0. The average Bonchev–Trinajstić information content (AvgIpc) is 3.19. The van der Waals surface area contributed by atoms with E-state index >= 15 is 0 Å². The van der Waals surface area contributed by atoms with Crippen LogP contribution in [0.15, 0.2) is 47.7 Å². The molecule has 0 saturated carbocycles. The molecule has 106 valence electrons. The zero-order valence-corrected chi connectivity index (χ0v) is 11.8. The molecule has 4 nitrogen and oxygen atoms in total. The van der Waals surface area contributed by atoms with Gasteiger partial charge in [0.1, 0.15) is 5.69 Å². The van der Waals surface area contributed by atoms with E-state index in [-0.39, 0.29) is 5.78 Å². The summed E-state index contributed by atoms with van der Waals surface area (Å²) < 4.78 is 1.68.